The van der Waals surface area contributed by atoms with Crippen molar-refractivity contribution in [3.63, 3.8) is 0 Å². The van der Waals surface area contributed by atoms with Gasteiger partial charge < -0.3 is 4.90 Å². The van der Waals surface area contributed by atoms with E-state index >= 15 is 0 Å². The van der Waals surface area contributed by atoms with E-state index < -0.39 is 0 Å². The van der Waals surface area contributed by atoms with Crippen molar-refractivity contribution in [1.82, 2.24) is 0 Å². The second-order valence-electron chi connectivity index (χ2n) is 11.4. The maximum atomic E-state index is 2.33. The number of nitrogens with zero attached hydrogens (tertiary/aromatic N) is 1. The van der Waals surface area contributed by atoms with Crippen molar-refractivity contribution < 1.29 is 0 Å². The van der Waals surface area contributed by atoms with E-state index in [1.54, 1.807) is 0 Å². The van der Waals surface area contributed by atoms with Crippen LogP contribution in [0, 0.1) is 0 Å². The van der Waals surface area contributed by atoms with Crippen LogP contribution in [0.1, 0.15) is 22.6 Å². The summed E-state index contributed by atoms with van der Waals surface area (Å²) in [6.07, 6.45) is 1.00. The first-order valence-electron chi connectivity index (χ1n) is 15.0. The Morgan fingerprint density at radius 3 is 1.58 bits per heavy atom. The van der Waals surface area contributed by atoms with E-state index in [9.17, 15) is 0 Å². The molecule has 7 aromatic rings. The average molecular weight is 550 g/mol. The fourth-order valence-corrected chi connectivity index (χ4v) is 6.69. The summed E-state index contributed by atoms with van der Waals surface area (Å²) >= 11 is 0. The van der Waals surface area contributed by atoms with Gasteiger partial charge in [0.1, 0.15) is 0 Å². The van der Waals surface area contributed by atoms with Crippen LogP contribution in [0.15, 0.2) is 170 Å². The van der Waals surface area contributed by atoms with Gasteiger partial charge >= 0.3 is 0 Å². The van der Waals surface area contributed by atoms with Crippen LogP contribution in [0.25, 0.3) is 33.0 Å². The second-order valence-corrected chi connectivity index (χ2v) is 11.4. The predicted octanol–water partition coefficient (Wildman–Crippen LogP) is 11.3. The summed E-state index contributed by atoms with van der Waals surface area (Å²) in [4.78, 5) is 2.33. The minimum atomic E-state index is 0.400. The normalized spacial score (nSPS) is 12.2. The molecule has 1 aliphatic carbocycles. The van der Waals surface area contributed by atoms with Gasteiger partial charge in [0.05, 0.1) is 0 Å². The van der Waals surface area contributed by atoms with Crippen molar-refractivity contribution in [2.45, 2.75) is 12.3 Å². The molecule has 0 radical (unpaired) electrons. The summed E-state index contributed by atoms with van der Waals surface area (Å²) in [5.74, 6) is 0.400. The van der Waals surface area contributed by atoms with Gasteiger partial charge in [0.25, 0.3) is 0 Å². The average Bonchev–Trinajstić information content (AvgIpc) is 3.39. The molecule has 0 saturated heterocycles. The van der Waals surface area contributed by atoms with Gasteiger partial charge in [-0.3, -0.25) is 0 Å². The lowest BCUT2D eigenvalue weighted by atomic mass is 9.89. The SMILES string of the molecule is c1ccc(N(c2ccc(-c3ccc(CC4c5ccccc5-c5ccccc54)cc3)cc2)c2ccc3ccccc3c2)cc1. The maximum Gasteiger partial charge on any atom is 0.0468 e. The molecule has 1 aliphatic rings. The Labute approximate surface area is 253 Å². The molecule has 43 heavy (non-hydrogen) atoms. The lowest BCUT2D eigenvalue weighted by Crippen LogP contribution is -2.09. The third-order valence-corrected chi connectivity index (χ3v) is 8.82. The molecular weight excluding hydrogens is 518 g/mol. The highest BCUT2D eigenvalue weighted by molar-refractivity contribution is 5.89. The summed E-state index contributed by atoms with van der Waals surface area (Å²) in [6.45, 7) is 0. The molecule has 0 amide bonds. The van der Waals surface area contributed by atoms with E-state index in [4.69, 9.17) is 0 Å². The lowest BCUT2D eigenvalue weighted by molar-refractivity contribution is 0.827. The topological polar surface area (TPSA) is 3.24 Å². The van der Waals surface area contributed by atoms with Crippen molar-refractivity contribution in [3.8, 4) is 22.3 Å². The molecule has 1 heteroatoms. The van der Waals surface area contributed by atoms with Gasteiger partial charge in [-0.25, -0.2) is 0 Å². The van der Waals surface area contributed by atoms with Crippen LogP contribution >= 0.6 is 0 Å². The zero-order valence-corrected chi connectivity index (χ0v) is 23.9. The Morgan fingerprint density at radius 1 is 0.395 bits per heavy atom. The fourth-order valence-electron chi connectivity index (χ4n) is 6.69. The molecule has 1 nitrogen and oxygen atoms in total. The zero-order chi connectivity index (χ0) is 28.6. The quantitative estimate of drug-likeness (QED) is 0.199. The molecule has 0 saturated carbocycles. The number of benzene rings is 7. The highest BCUT2D eigenvalue weighted by Gasteiger charge is 2.27. The highest BCUT2D eigenvalue weighted by atomic mass is 15.1. The molecule has 0 aliphatic heterocycles. The number of hydrogen-bond donors (Lipinski definition) is 0. The highest BCUT2D eigenvalue weighted by Crippen LogP contribution is 2.46. The van der Waals surface area contributed by atoms with Crippen molar-refractivity contribution in [3.05, 3.63) is 187 Å². The number of fused-ring (bicyclic) bond motifs is 4. The smallest absolute Gasteiger partial charge is 0.0468 e. The molecule has 8 rings (SSSR count). The monoisotopic (exact) mass is 549 g/mol. The van der Waals surface area contributed by atoms with Crippen LogP contribution < -0.4 is 4.90 Å². The molecule has 0 N–H and O–H groups in total. The first-order valence-corrected chi connectivity index (χ1v) is 15.0. The first kappa shape index (κ1) is 25.3. The van der Waals surface area contributed by atoms with Gasteiger partial charge in [-0.2, -0.15) is 0 Å². The summed E-state index contributed by atoms with van der Waals surface area (Å²) in [5.41, 5.74) is 12.9. The molecule has 0 fully saturated rings. The first-order chi connectivity index (χ1) is 21.3. The van der Waals surface area contributed by atoms with Crippen LogP contribution in [0.4, 0.5) is 17.1 Å². The molecule has 0 aromatic heterocycles. The predicted molar refractivity (Wildman–Crippen MR) is 181 cm³/mol. The Morgan fingerprint density at radius 2 is 0.907 bits per heavy atom. The van der Waals surface area contributed by atoms with Crippen LogP contribution in [0.2, 0.25) is 0 Å². The summed E-state index contributed by atoms with van der Waals surface area (Å²) in [7, 11) is 0. The number of rotatable bonds is 6. The molecule has 204 valence electrons. The third-order valence-electron chi connectivity index (χ3n) is 8.82. The van der Waals surface area contributed by atoms with E-state index in [2.05, 4.69) is 175 Å². The number of para-hydroxylation sites is 1. The molecule has 0 unspecified atom stereocenters. The molecule has 0 bridgehead atoms. The van der Waals surface area contributed by atoms with Gasteiger partial charge in [-0.1, -0.05) is 133 Å². The van der Waals surface area contributed by atoms with Gasteiger partial charge in [-0.15, -0.1) is 0 Å². The van der Waals surface area contributed by atoms with Crippen molar-refractivity contribution in [2.75, 3.05) is 4.90 Å². The molecule has 0 atom stereocenters. The minimum absolute atomic E-state index is 0.400. The van der Waals surface area contributed by atoms with Crippen molar-refractivity contribution in [1.29, 1.82) is 0 Å². The second kappa shape index (κ2) is 10.8. The number of anilines is 3. The summed E-state index contributed by atoms with van der Waals surface area (Å²) in [6, 6.07) is 61.7. The Bertz CT molecular complexity index is 1990. The van der Waals surface area contributed by atoms with E-state index in [0.717, 1.165) is 23.5 Å². The standard InChI is InChI=1S/C42H31N/c1-2-12-35(13-3-1)43(37-27-24-31-10-4-5-11-34(31)29-37)36-25-22-33(23-26-36)32-20-18-30(19-21-32)28-42-40-16-8-6-14-38(40)39-15-7-9-17-41(39)42/h1-27,29,42H,28H2. The Hall–Kier alpha value is -5.40. The van der Waals surface area contributed by atoms with E-state index in [0.29, 0.717) is 5.92 Å². The third kappa shape index (κ3) is 4.70. The summed E-state index contributed by atoms with van der Waals surface area (Å²) < 4.78 is 0. The summed E-state index contributed by atoms with van der Waals surface area (Å²) in [5, 5.41) is 2.49. The molecule has 0 spiro atoms. The number of hydrogen-bond acceptors (Lipinski definition) is 1. The molecule has 0 heterocycles. The van der Waals surface area contributed by atoms with E-state index in [1.165, 1.54) is 49.7 Å². The molecule has 7 aromatic carbocycles. The fraction of sp³-hybridized carbons (Fsp3) is 0.0476. The Balaban J connectivity index is 1.07. The van der Waals surface area contributed by atoms with Crippen LogP contribution in [0.3, 0.4) is 0 Å². The largest absolute Gasteiger partial charge is 0.310 e. The van der Waals surface area contributed by atoms with Gasteiger partial charge in [0.15, 0.2) is 0 Å². The van der Waals surface area contributed by atoms with Crippen LogP contribution in [0.5, 0.6) is 0 Å². The van der Waals surface area contributed by atoms with Crippen LogP contribution in [-0.2, 0) is 6.42 Å². The van der Waals surface area contributed by atoms with Gasteiger partial charge in [0, 0.05) is 23.0 Å². The lowest BCUT2D eigenvalue weighted by Gasteiger charge is -2.26. The maximum absolute atomic E-state index is 2.33. The van der Waals surface area contributed by atoms with E-state index in [-0.39, 0.29) is 0 Å². The van der Waals surface area contributed by atoms with Crippen molar-refractivity contribution in [2.24, 2.45) is 0 Å². The Kier molecular flexibility index (Phi) is 6.35. The zero-order valence-electron chi connectivity index (χ0n) is 23.9. The van der Waals surface area contributed by atoms with Gasteiger partial charge in [0.2, 0.25) is 0 Å². The molecular formula is C42H31N. The van der Waals surface area contributed by atoms with Gasteiger partial charge in [-0.05, 0) is 92.5 Å². The van der Waals surface area contributed by atoms with Crippen LogP contribution in [-0.4, -0.2) is 0 Å². The minimum Gasteiger partial charge on any atom is -0.310 e. The van der Waals surface area contributed by atoms with E-state index in [1.807, 2.05) is 0 Å². The van der Waals surface area contributed by atoms with Crippen molar-refractivity contribution >= 4 is 27.8 Å².